The van der Waals surface area contributed by atoms with Gasteiger partial charge in [-0.1, -0.05) is 13.8 Å². The predicted octanol–water partition coefficient (Wildman–Crippen LogP) is 1.73. The van der Waals surface area contributed by atoms with Gasteiger partial charge in [-0.15, -0.1) is 0 Å². The summed E-state index contributed by atoms with van der Waals surface area (Å²) >= 11 is 0. The van der Waals surface area contributed by atoms with E-state index in [-0.39, 0.29) is 25.6 Å². The lowest BCUT2D eigenvalue weighted by atomic mass is 9.73. The van der Waals surface area contributed by atoms with Gasteiger partial charge in [-0.3, -0.25) is 14.3 Å². The molecule has 1 heterocycles. The fraction of sp³-hybridized carbons (Fsp3) is 0.667. The van der Waals surface area contributed by atoms with E-state index in [1.807, 2.05) is 13.8 Å². The first kappa shape index (κ1) is 17.2. The topological polar surface area (TPSA) is 70.4 Å². The number of carbonyl (C=O) groups is 2. The maximum absolute atomic E-state index is 12.5. The van der Waals surface area contributed by atoms with Gasteiger partial charge in [0.1, 0.15) is 0 Å². The second-order valence-corrected chi connectivity index (χ2v) is 5.22. The summed E-state index contributed by atoms with van der Waals surface area (Å²) in [6, 6.07) is 1.79. The van der Waals surface area contributed by atoms with Crippen LogP contribution in [0.1, 0.15) is 33.4 Å². The monoisotopic (exact) mass is 296 g/mol. The van der Waals surface area contributed by atoms with E-state index in [0.29, 0.717) is 5.69 Å². The van der Waals surface area contributed by atoms with E-state index in [9.17, 15) is 9.59 Å². The van der Waals surface area contributed by atoms with Crippen molar-refractivity contribution < 1.29 is 19.1 Å². The molecule has 0 N–H and O–H groups in total. The molecule has 0 aliphatic rings. The molecule has 0 saturated carbocycles. The van der Waals surface area contributed by atoms with Gasteiger partial charge >= 0.3 is 11.9 Å². The van der Waals surface area contributed by atoms with Gasteiger partial charge in [-0.2, -0.15) is 5.10 Å². The summed E-state index contributed by atoms with van der Waals surface area (Å²) in [5.74, 6) is -1.37. The Kier molecular flexibility index (Phi) is 5.93. The molecule has 0 aliphatic carbocycles. The van der Waals surface area contributed by atoms with E-state index in [2.05, 4.69) is 5.10 Å². The lowest BCUT2D eigenvalue weighted by Crippen LogP contribution is -2.48. The van der Waals surface area contributed by atoms with E-state index in [4.69, 9.17) is 9.47 Å². The molecular weight excluding hydrogens is 272 g/mol. The van der Waals surface area contributed by atoms with Crippen LogP contribution in [0.5, 0.6) is 0 Å². The molecule has 0 amide bonds. The number of rotatable bonds is 7. The first-order valence-corrected chi connectivity index (χ1v) is 7.21. The lowest BCUT2D eigenvalue weighted by Gasteiger charge is -2.32. The molecule has 1 aromatic heterocycles. The van der Waals surface area contributed by atoms with E-state index in [1.54, 1.807) is 37.8 Å². The Morgan fingerprint density at radius 1 is 1.24 bits per heavy atom. The standard InChI is InChI=1S/C15H24N2O4/c1-6-20-13(18)15(11(3)4,14(19)21-7-2)10-12-8-9-17(5)16-12/h8-9,11H,6-7,10H2,1-5H3. The van der Waals surface area contributed by atoms with Gasteiger partial charge in [-0.05, 0) is 25.8 Å². The molecule has 6 heteroatoms. The highest BCUT2D eigenvalue weighted by Crippen LogP contribution is 2.35. The summed E-state index contributed by atoms with van der Waals surface area (Å²) in [4.78, 5) is 25.0. The van der Waals surface area contributed by atoms with Crippen LogP contribution in [-0.2, 0) is 32.5 Å². The number of hydrogen-bond donors (Lipinski definition) is 0. The zero-order chi connectivity index (χ0) is 16.0. The zero-order valence-corrected chi connectivity index (χ0v) is 13.4. The highest BCUT2D eigenvalue weighted by molar-refractivity contribution is 6.00. The van der Waals surface area contributed by atoms with Crippen molar-refractivity contribution in [2.45, 2.75) is 34.1 Å². The Labute approximate surface area is 125 Å². The van der Waals surface area contributed by atoms with Gasteiger partial charge in [0, 0.05) is 19.7 Å². The fourth-order valence-electron chi connectivity index (χ4n) is 2.27. The van der Waals surface area contributed by atoms with E-state index in [0.717, 1.165) is 0 Å². The summed E-state index contributed by atoms with van der Waals surface area (Å²) in [7, 11) is 1.79. The Balaban J connectivity index is 3.22. The number of ether oxygens (including phenoxy) is 2. The van der Waals surface area contributed by atoms with Crippen LogP contribution < -0.4 is 0 Å². The minimum Gasteiger partial charge on any atom is -0.465 e. The molecule has 0 unspecified atom stereocenters. The van der Waals surface area contributed by atoms with E-state index < -0.39 is 17.4 Å². The third kappa shape index (κ3) is 3.62. The van der Waals surface area contributed by atoms with Crippen LogP contribution in [0.4, 0.5) is 0 Å². The Morgan fingerprint density at radius 3 is 2.10 bits per heavy atom. The average Bonchev–Trinajstić information content (AvgIpc) is 2.81. The van der Waals surface area contributed by atoms with Gasteiger partial charge < -0.3 is 9.47 Å². The predicted molar refractivity (Wildman–Crippen MR) is 77.4 cm³/mol. The quantitative estimate of drug-likeness (QED) is 0.566. The summed E-state index contributed by atoms with van der Waals surface area (Å²) in [6.07, 6.45) is 1.94. The van der Waals surface area contributed by atoms with Crippen molar-refractivity contribution in [2.75, 3.05) is 13.2 Å². The smallest absolute Gasteiger partial charge is 0.324 e. The highest BCUT2D eigenvalue weighted by Gasteiger charge is 2.52. The van der Waals surface area contributed by atoms with Crippen LogP contribution in [0, 0.1) is 11.3 Å². The molecular formula is C15H24N2O4. The zero-order valence-electron chi connectivity index (χ0n) is 13.4. The van der Waals surface area contributed by atoms with Crippen LogP contribution in [0.3, 0.4) is 0 Å². The van der Waals surface area contributed by atoms with Crippen LogP contribution >= 0.6 is 0 Å². The van der Waals surface area contributed by atoms with Gasteiger partial charge in [0.05, 0.1) is 18.9 Å². The molecule has 21 heavy (non-hydrogen) atoms. The molecule has 0 saturated heterocycles. The maximum Gasteiger partial charge on any atom is 0.324 e. The third-order valence-electron chi connectivity index (χ3n) is 3.49. The van der Waals surface area contributed by atoms with Crippen LogP contribution in [0.15, 0.2) is 12.3 Å². The van der Waals surface area contributed by atoms with E-state index in [1.165, 1.54) is 0 Å². The second kappa shape index (κ2) is 7.24. The minimum atomic E-state index is -1.36. The van der Waals surface area contributed by atoms with Crippen molar-refractivity contribution in [3.8, 4) is 0 Å². The van der Waals surface area contributed by atoms with Crippen LogP contribution in [-0.4, -0.2) is 34.9 Å². The van der Waals surface area contributed by atoms with Crippen molar-refractivity contribution in [1.82, 2.24) is 9.78 Å². The Hall–Kier alpha value is -1.85. The largest absolute Gasteiger partial charge is 0.465 e. The van der Waals surface area contributed by atoms with Crippen LogP contribution in [0.2, 0.25) is 0 Å². The number of hydrogen-bond acceptors (Lipinski definition) is 5. The summed E-state index contributed by atoms with van der Waals surface area (Å²) in [6.45, 7) is 7.50. The Bertz CT molecular complexity index is 476. The number of esters is 2. The second-order valence-electron chi connectivity index (χ2n) is 5.22. The average molecular weight is 296 g/mol. The number of aryl methyl sites for hydroxylation is 1. The molecule has 1 rings (SSSR count). The summed E-state index contributed by atoms with van der Waals surface area (Å²) < 4.78 is 11.9. The molecule has 0 aliphatic heterocycles. The van der Waals surface area contributed by atoms with Crippen molar-refractivity contribution in [3.63, 3.8) is 0 Å². The SMILES string of the molecule is CCOC(=O)C(Cc1ccn(C)n1)(C(=O)OCC)C(C)C. The molecule has 0 atom stereocenters. The van der Waals surface area contributed by atoms with Gasteiger partial charge in [0.15, 0.2) is 5.41 Å². The van der Waals surface area contributed by atoms with Crippen molar-refractivity contribution >= 4 is 11.9 Å². The van der Waals surface area contributed by atoms with Crippen LogP contribution in [0.25, 0.3) is 0 Å². The molecule has 118 valence electrons. The van der Waals surface area contributed by atoms with Gasteiger partial charge in [0.2, 0.25) is 0 Å². The van der Waals surface area contributed by atoms with E-state index >= 15 is 0 Å². The fourth-order valence-corrected chi connectivity index (χ4v) is 2.27. The molecule has 1 aromatic rings. The molecule has 0 spiro atoms. The van der Waals surface area contributed by atoms with Crippen molar-refractivity contribution in [1.29, 1.82) is 0 Å². The number of carbonyl (C=O) groups excluding carboxylic acids is 2. The maximum atomic E-state index is 12.5. The number of nitrogens with zero attached hydrogens (tertiary/aromatic N) is 2. The van der Waals surface area contributed by atoms with Crippen molar-refractivity contribution in [2.24, 2.45) is 18.4 Å². The van der Waals surface area contributed by atoms with Crippen molar-refractivity contribution in [3.05, 3.63) is 18.0 Å². The molecule has 0 fully saturated rings. The molecule has 6 nitrogen and oxygen atoms in total. The summed E-state index contributed by atoms with van der Waals surface area (Å²) in [5.41, 5.74) is -0.701. The highest BCUT2D eigenvalue weighted by atomic mass is 16.6. The summed E-state index contributed by atoms with van der Waals surface area (Å²) in [5, 5.41) is 4.26. The van der Waals surface area contributed by atoms with Gasteiger partial charge in [-0.25, -0.2) is 0 Å². The molecule has 0 radical (unpaired) electrons. The molecule has 0 bridgehead atoms. The Morgan fingerprint density at radius 2 is 1.76 bits per heavy atom. The minimum absolute atomic E-state index is 0.170. The third-order valence-corrected chi connectivity index (χ3v) is 3.49. The van der Waals surface area contributed by atoms with Gasteiger partial charge in [0.25, 0.3) is 0 Å². The first-order chi connectivity index (χ1) is 9.88. The lowest BCUT2D eigenvalue weighted by molar-refractivity contribution is -0.176. The number of aromatic nitrogens is 2. The first-order valence-electron chi connectivity index (χ1n) is 7.21. The molecule has 0 aromatic carbocycles. The normalized spacial score (nSPS) is 11.5.